The molecule has 0 radical (unpaired) electrons. The fourth-order valence-corrected chi connectivity index (χ4v) is 1.30. The van der Waals surface area contributed by atoms with E-state index in [-0.39, 0.29) is 5.69 Å². The molecule has 0 amide bonds. The van der Waals surface area contributed by atoms with Crippen molar-refractivity contribution in [3.8, 4) is 5.75 Å². The van der Waals surface area contributed by atoms with Crippen molar-refractivity contribution in [2.75, 3.05) is 13.7 Å². The Hall–Kier alpha value is -1.88. The zero-order valence-electron chi connectivity index (χ0n) is 9.10. The highest BCUT2D eigenvalue weighted by Gasteiger charge is 2.10. The molecule has 0 fully saturated rings. The standard InChI is InChI=1S/C11H14N2O3/c1-3-6-16-11-5-4-10(13(14)15)7-9(11)8-12-2/h3-5,7,12H,1,6,8H2,2H3. The van der Waals surface area contributed by atoms with Crippen molar-refractivity contribution >= 4 is 5.69 Å². The molecule has 1 aromatic carbocycles. The predicted molar refractivity (Wildman–Crippen MR) is 61.6 cm³/mol. The van der Waals surface area contributed by atoms with Crippen molar-refractivity contribution in [2.45, 2.75) is 6.54 Å². The quantitative estimate of drug-likeness (QED) is 0.453. The van der Waals surface area contributed by atoms with Crippen LogP contribution in [-0.4, -0.2) is 18.6 Å². The summed E-state index contributed by atoms with van der Waals surface area (Å²) in [5.74, 6) is 0.639. The molecule has 0 saturated carbocycles. The molecule has 1 aromatic rings. The molecule has 0 bridgehead atoms. The number of non-ortho nitro benzene ring substituents is 1. The number of hydrogen-bond acceptors (Lipinski definition) is 4. The van der Waals surface area contributed by atoms with Gasteiger partial charge >= 0.3 is 0 Å². The van der Waals surface area contributed by atoms with Crippen LogP contribution in [0, 0.1) is 10.1 Å². The highest BCUT2D eigenvalue weighted by molar-refractivity contribution is 5.43. The van der Waals surface area contributed by atoms with Crippen LogP contribution < -0.4 is 10.1 Å². The number of nitrogens with one attached hydrogen (secondary N) is 1. The molecule has 0 spiro atoms. The molecule has 5 heteroatoms. The summed E-state index contributed by atoms with van der Waals surface area (Å²) in [5.41, 5.74) is 0.828. The van der Waals surface area contributed by atoms with E-state index in [9.17, 15) is 10.1 Å². The maximum atomic E-state index is 10.6. The molecule has 1 rings (SSSR count). The summed E-state index contributed by atoms with van der Waals surface area (Å²) in [6.45, 7) is 4.45. The maximum absolute atomic E-state index is 10.6. The van der Waals surface area contributed by atoms with Crippen LogP contribution in [0.4, 0.5) is 5.69 Å². The first-order chi connectivity index (χ1) is 7.69. The van der Waals surface area contributed by atoms with Crippen molar-refractivity contribution in [3.63, 3.8) is 0 Å². The van der Waals surface area contributed by atoms with Gasteiger partial charge < -0.3 is 10.1 Å². The minimum absolute atomic E-state index is 0.0659. The van der Waals surface area contributed by atoms with Gasteiger partial charge in [0.15, 0.2) is 0 Å². The highest BCUT2D eigenvalue weighted by Crippen LogP contribution is 2.24. The van der Waals surface area contributed by atoms with E-state index in [2.05, 4.69) is 11.9 Å². The summed E-state index contributed by atoms with van der Waals surface area (Å²) < 4.78 is 5.39. The number of benzene rings is 1. The molecule has 0 saturated heterocycles. The van der Waals surface area contributed by atoms with Gasteiger partial charge in [-0.15, -0.1) is 0 Å². The largest absolute Gasteiger partial charge is 0.489 e. The van der Waals surface area contributed by atoms with Gasteiger partial charge in [0.25, 0.3) is 5.69 Å². The topological polar surface area (TPSA) is 64.4 Å². The van der Waals surface area contributed by atoms with Crippen LogP contribution in [0.2, 0.25) is 0 Å². The number of hydrogen-bond donors (Lipinski definition) is 1. The third kappa shape index (κ3) is 3.06. The molecule has 0 aliphatic carbocycles. The van der Waals surface area contributed by atoms with Crippen molar-refractivity contribution < 1.29 is 9.66 Å². The minimum Gasteiger partial charge on any atom is -0.489 e. The zero-order chi connectivity index (χ0) is 12.0. The Balaban J connectivity index is 2.98. The van der Waals surface area contributed by atoms with Gasteiger partial charge in [-0.1, -0.05) is 12.7 Å². The van der Waals surface area contributed by atoms with Crippen molar-refractivity contribution in [3.05, 3.63) is 46.5 Å². The van der Waals surface area contributed by atoms with Crippen molar-refractivity contribution in [2.24, 2.45) is 0 Å². The smallest absolute Gasteiger partial charge is 0.270 e. The van der Waals surface area contributed by atoms with Gasteiger partial charge in [0.2, 0.25) is 0 Å². The Morgan fingerprint density at radius 2 is 2.38 bits per heavy atom. The van der Waals surface area contributed by atoms with E-state index in [1.165, 1.54) is 12.1 Å². The maximum Gasteiger partial charge on any atom is 0.270 e. The molecule has 5 nitrogen and oxygen atoms in total. The Kier molecular flexibility index (Phi) is 4.47. The monoisotopic (exact) mass is 222 g/mol. The number of nitro groups is 1. The first-order valence-electron chi connectivity index (χ1n) is 4.84. The van der Waals surface area contributed by atoms with E-state index >= 15 is 0 Å². The Bertz CT molecular complexity index is 391. The number of rotatable bonds is 6. The molecular formula is C11H14N2O3. The first-order valence-corrected chi connectivity index (χ1v) is 4.84. The molecule has 0 aliphatic rings. The van der Waals surface area contributed by atoms with Crippen LogP contribution in [0.15, 0.2) is 30.9 Å². The normalized spacial score (nSPS) is 9.81. The van der Waals surface area contributed by atoms with Gasteiger partial charge in [0.1, 0.15) is 12.4 Å². The Labute approximate surface area is 93.9 Å². The first kappa shape index (κ1) is 12.2. The number of nitro benzene ring substituents is 1. The Morgan fingerprint density at radius 1 is 1.62 bits per heavy atom. The molecule has 1 N–H and O–H groups in total. The van der Waals surface area contributed by atoms with Crippen molar-refractivity contribution in [1.82, 2.24) is 5.32 Å². The van der Waals surface area contributed by atoms with Crippen LogP contribution >= 0.6 is 0 Å². The molecule has 0 heterocycles. The van der Waals surface area contributed by atoms with Gasteiger partial charge in [0.05, 0.1) is 4.92 Å². The molecular weight excluding hydrogens is 208 g/mol. The van der Waals surface area contributed by atoms with Crippen molar-refractivity contribution in [1.29, 1.82) is 0 Å². The van der Waals surface area contributed by atoms with E-state index in [1.807, 2.05) is 0 Å². The number of nitrogens with zero attached hydrogens (tertiary/aromatic N) is 1. The number of ether oxygens (including phenoxy) is 1. The summed E-state index contributed by atoms with van der Waals surface area (Å²) in [7, 11) is 1.77. The van der Waals surface area contributed by atoms with Gasteiger partial charge in [-0.2, -0.15) is 0 Å². The predicted octanol–water partition coefficient (Wildman–Crippen LogP) is 1.88. The van der Waals surface area contributed by atoms with Gasteiger partial charge in [-0.25, -0.2) is 0 Å². The summed E-state index contributed by atoms with van der Waals surface area (Å²) in [4.78, 5) is 10.2. The zero-order valence-corrected chi connectivity index (χ0v) is 9.10. The fraction of sp³-hybridized carbons (Fsp3) is 0.273. The minimum atomic E-state index is -0.420. The van der Waals surface area contributed by atoms with E-state index in [4.69, 9.17) is 4.74 Å². The second-order valence-corrected chi connectivity index (χ2v) is 3.18. The van der Waals surface area contributed by atoms with E-state index in [0.717, 1.165) is 5.56 Å². The summed E-state index contributed by atoms with van der Waals surface area (Å²) in [5, 5.41) is 13.5. The van der Waals surface area contributed by atoms with Gasteiger partial charge in [-0.05, 0) is 13.1 Å². The average molecular weight is 222 g/mol. The fourth-order valence-electron chi connectivity index (χ4n) is 1.30. The van der Waals surface area contributed by atoms with Crippen LogP contribution in [0.5, 0.6) is 5.75 Å². The summed E-state index contributed by atoms with van der Waals surface area (Å²) in [6, 6.07) is 4.54. The van der Waals surface area contributed by atoms with Crippen LogP contribution in [0.3, 0.4) is 0 Å². The highest BCUT2D eigenvalue weighted by atomic mass is 16.6. The molecule has 86 valence electrons. The van der Waals surface area contributed by atoms with E-state index in [0.29, 0.717) is 18.9 Å². The summed E-state index contributed by atoms with van der Waals surface area (Å²) in [6.07, 6.45) is 1.63. The van der Waals surface area contributed by atoms with Crippen LogP contribution in [0.25, 0.3) is 0 Å². The lowest BCUT2D eigenvalue weighted by Gasteiger charge is -2.09. The third-order valence-corrected chi connectivity index (χ3v) is 1.98. The van der Waals surface area contributed by atoms with Gasteiger partial charge in [0, 0.05) is 24.2 Å². The van der Waals surface area contributed by atoms with Crippen LogP contribution in [-0.2, 0) is 6.54 Å². The SMILES string of the molecule is C=CCOc1ccc([N+](=O)[O-])cc1CNC. The lowest BCUT2D eigenvalue weighted by molar-refractivity contribution is -0.384. The Morgan fingerprint density at radius 3 is 2.94 bits per heavy atom. The molecule has 0 unspecified atom stereocenters. The lowest BCUT2D eigenvalue weighted by atomic mass is 10.2. The molecule has 0 aromatic heterocycles. The third-order valence-electron chi connectivity index (χ3n) is 1.98. The second-order valence-electron chi connectivity index (χ2n) is 3.18. The molecule has 0 atom stereocenters. The van der Waals surface area contributed by atoms with Gasteiger partial charge in [-0.3, -0.25) is 10.1 Å². The van der Waals surface area contributed by atoms with E-state index in [1.54, 1.807) is 19.2 Å². The second kappa shape index (κ2) is 5.87. The van der Waals surface area contributed by atoms with Crippen LogP contribution in [0.1, 0.15) is 5.56 Å². The average Bonchev–Trinajstić information content (AvgIpc) is 2.27. The molecule has 16 heavy (non-hydrogen) atoms. The summed E-state index contributed by atoms with van der Waals surface area (Å²) >= 11 is 0. The van der Waals surface area contributed by atoms with E-state index < -0.39 is 4.92 Å². The lowest BCUT2D eigenvalue weighted by Crippen LogP contribution is -2.08. The molecule has 0 aliphatic heterocycles.